The van der Waals surface area contributed by atoms with Crippen LogP contribution < -0.4 is 0 Å². The Balaban J connectivity index is 1.98. The lowest BCUT2D eigenvalue weighted by molar-refractivity contribution is 0.0699. The van der Waals surface area contributed by atoms with Gasteiger partial charge in [-0.3, -0.25) is 0 Å². The lowest BCUT2D eigenvalue weighted by Gasteiger charge is -2.41. The molecule has 0 spiro atoms. The van der Waals surface area contributed by atoms with Crippen LogP contribution in [0, 0.1) is 17.3 Å². The molecule has 4 unspecified atom stereocenters. The van der Waals surface area contributed by atoms with Crippen molar-refractivity contribution in [2.75, 3.05) is 13.6 Å². The Hall–Kier alpha value is -0.0400. The molecule has 2 saturated carbocycles. The smallest absolute Gasteiger partial charge is 0.0152 e. The van der Waals surface area contributed by atoms with E-state index < -0.39 is 0 Å². The average molecular weight is 165 g/mol. The highest BCUT2D eigenvalue weighted by molar-refractivity contribution is 5.11. The Morgan fingerprint density at radius 2 is 2.25 bits per heavy atom. The van der Waals surface area contributed by atoms with E-state index in [9.17, 15) is 0 Å². The van der Waals surface area contributed by atoms with E-state index in [1.54, 1.807) is 0 Å². The van der Waals surface area contributed by atoms with Crippen LogP contribution in [0.25, 0.3) is 0 Å². The molecule has 0 aromatic rings. The average Bonchev–Trinajstić information content (AvgIpc) is 2.57. The number of nitrogens with zero attached hydrogens (tertiary/aromatic N) is 1. The van der Waals surface area contributed by atoms with Gasteiger partial charge in [-0.05, 0) is 43.6 Å². The molecule has 0 radical (unpaired) electrons. The van der Waals surface area contributed by atoms with Gasteiger partial charge in [0, 0.05) is 12.6 Å². The molecule has 1 aliphatic heterocycles. The summed E-state index contributed by atoms with van der Waals surface area (Å²) < 4.78 is 0. The molecule has 68 valence electrons. The van der Waals surface area contributed by atoms with Crippen molar-refractivity contribution < 1.29 is 0 Å². The van der Waals surface area contributed by atoms with E-state index in [4.69, 9.17) is 0 Å². The van der Waals surface area contributed by atoms with Crippen LogP contribution in [0.3, 0.4) is 0 Å². The van der Waals surface area contributed by atoms with Gasteiger partial charge >= 0.3 is 0 Å². The van der Waals surface area contributed by atoms with E-state index in [0.717, 1.165) is 23.3 Å². The standard InChI is InChI=1S/C11H19N/c1-11-5-3-4-9(11)8-6-10(11)12(2)7-8/h8-10H,3-7H2,1-2H3. The molecule has 3 rings (SSSR count). The number of hydrogen-bond donors (Lipinski definition) is 0. The van der Waals surface area contributed by atoms with Gasteiger partial charge in [-0.15, -0.1) is 0 Å². The first kappa shape index (κ1) is 7.37. The zero-order valence-electron chi connectivity index (χ0n) is 8.21. The van der Waals surface area contributed by atoms with Gasteiger partial charge < -0.3 is 4.90 Å². The van der Waals surface area contributed by atoms with Crippen molar-refractivity contribution >= 4 is 0 Å². The van der Waals surface area contributed by atoms with Crippen LogP contribution in [0.5, 0.6) is 0 Å². The van der Waals surface area contributed by atoms with Crippen LogP contribution in [-0.4, -0.2) is 24.5 Å². The molecule has 1 saturated heterocycles. The van der Waals surface area contributed by atoms with Gasteiger partial charge in [0.05, 0.1) is 0 Å². The summed E-state index contributed by atoms with van der Waals surface area (Å²) in [5, 5.41) is 0. The second-order valence-corrected chi connectivity index (χ2v) is 5.46. The molecule has 0 aromatic heterocycles. The van der Waals surface area contributed by atoms with Crippen molar-refractivity contribution in [2.24, 2.45) is 17.3 Å². The molecule has 1 heterocycles. The summed E-state index contributed by atoms with van der Waals surface area (Å²) in [5.74, 6) is 2.16. The number of likely N-dealkylation sites (tertiary alicyclic amines) is 1. The van der Waals surface area contributed by atoms with Gasteiger partial charge in [-0.1, -0.05) is 13.3 Å². The van der Waals surface area contributed by atoms with Crippen LogP contribution in [0.15, 0.2) is 0 Å². The summed E-state index contributed by atoms with van der Waals surface area (Å²) in [6.45, 7) is 3.94. The van der Waals surface area contributed by atoms with Gasteiger partial charge in [-0.25, -0.2) is 0 Å². The minimum absolute atomic E-state index is 0.720. The fourth-order valence-corrected chi connectivity index (χ4v) is 4.51. The van der Waals surface area contributed by atoms with Crippen LogP contribution in [-0.2, 0) is 0 Å². The van der Waals surface area contributed by atoms with E-state index in [1.807, 2.05) is 0 Å². The maximum Gasteiger partial charge on any atom is 0.0152 e. The molecular formula is C11H19N. The van der Waals surface area contributed by atoms with Gasteiger partial charge in [0.15, 0.2) is 0 Å². The first-order chi connectivity index (χ1) is 5.72. The van der Waals surface area contributed by atoms with Crippen molar-refractivity contribution in [2.45, 2.75) is 38.6 Å². The Kier molecular flexibility index (Phi) is 1.27. The first-order valence-corrected chi connectivity index (χ1v) is 5.42. The number of hydrogen-bond acceptors (Lipinski definition) is 1. The summed E-state index contributed by atoms with van der Waals surface area (Å²) in [5.41, 5.74) is 0.720. The van der Waals surface area contributed by atoms with Crippen molar-refractivity contribution in [3.8, 4) is 0 Å². The van der Waals surface area contributed by atoms with Crippen molar-refractivity contribution in [1.29, 1.82) is 0 Å². The molecule has 2 bridgehead atoms. The molecule has 2 aliphatic carbocycles. The quantitative estimate of drug-likeness (QED) is 0.531. The highest BCUT2D eigenvalue weighted by Gasteiger charge is 2.59. The van der Waals surface area contributed by atoms with E-state index in [0.29, 0.717) is 0 Å². The van der Waals surface area contributed by atoms with E-state index in [2.05, 4.69) is 18.9 Å². The van der Waals surface area contributed by atoms with Gasteiger partial charge in [0.2, 0.25) is 0 Å². The van der Waals surface area contributed by atoms with Gasteiger partial charge in [-0.2, -0.15) is 0 Å². The van der Waals surface area contributed by atoms with E-state index in [-0.39, 0.29) is 0 Å². The van der Waals surface area contributed by atoms with Crippen LogP contribution >= 0.6 is 0 Å². The van der Waals surface area contributed by atoms with Gasteiger partial charge in [0.25, 0.3) is 0 Å². The maximum absolute atomic E-state index is 2.62. The summed E-state index contributed by atoms with van der Waals surface area (Å²) in [6, 6.07) is 0.940. The lowest BCUT2D eigenvalue weighted by atomic mass is 9.75. The third-order valence-electron chi connectivity index (χ3n) is 4.99. The second kappa shape index (κ2) is 2.06. The molecule has 0 aromatic carbocycles. The van der Waals surface area contributed by atoms with E-state index >= 15 is 0 Å². The fourth-order valence-electron chi connectivity index (χ4n) is 4.51. The molecule has 1 nitrogen and oxygen atoms in total. The normalized spacial score (nSPS) is 58.0. The number of piperidine rings is 1. The molecule has 1 heteroatoms. The minimum Gasteiger partial charge on any atom is -0.303 e. The van der Waals surface area contributed by atoms with Gasteiger partial charge in [0.1, 0.15) is 0 Å². The summed E-state index contributed by atoms with van der Waals surface area (Å²) >= 11 is 0. The zero-order chi connectivity index (χ0) is 8.34. The second-order valence-electron chi connectivity index (χ2n) is 5.46. The van der Waals surface area contributed by atoms with Crippen LogP contribution in [0.1, 0.15) is 32.6 Å². The summed E-state index contributed by atoms with van der Waals surface area (Å²) in [7, 11) is 2.32. The molecule has 3 aliphatic rings. The molecule has 0 amide bonds. The number of rotatable bonds is 0. The Morgan fingerprint density at radius 3 is 3.08 bits per heavy atom. The largest absolute Gasteiger partial charge is 0.303 e. The third-order valence-corrected chi connectivity index (χ3v) is 4.99. The van der Waals surface area contributed by atoms with Crippen molar-refractivity contribution in [3.63, 3.8) is 0 Å². The van der Waals surface area contributed by atoms with Crippen molar-refractivity contribution in [1.82, 2.24) is 4.90 Å². The number of fused-ring (bicyclic) bond motifs is 5. The maximum atomic E-state index is 2.62. The Morgan fingerprint density at radius 1 is 1.42 bits per heavy atom. The highest BCUT2D eigenvalue weighted by atomic mass is 15.2. The Labute approximate surface area is 75.1 Å². The highest BCUT2D eigenvalue weighted by Crippen LogP contribution is 2.61. The van der Waals surface area contributed by atoms with Crippen LogP contribution in [0.2, 0.25) is 0 Å². The monoisotopic (exact) mass is 165 g/mol. The van der Waals surface area contributed by atoms with Crippen molar-refractivity contribution in [3.05, 3.63) is 0 Å². The zero-order valence-corrected chi connectivity index (χ0v) is 8.21. The SMILES string of the molecule is CN1CC2CC1C1(C)CCCC21. The first-order valence-electron chi connectivity index (χ1n) is 5.42. The predicted molar refractivity (Wildman–Crippen MR) is 50.0 cm³/mol. The summed E-state index contributed by atoms with van der Waals surface area (Å²) in [4.78, 5) is 2.62. The summed E-state index contributed by atoms with van der Waals surface area (Å²) in [6.07, 6.45) is 6.05. The molecule has 3 fully saturated rings. The molecular weight excluding hydrogens is 146 g/mol. The lowest BCUT2D eigenvalue weighted by Crippen LogP contribution is -2.44. The third kappa shape index (κ3) is 0.654. The Bertz CT molecular complexity index is 213. The fraction of sp³-hybridized carbons (Fsp3) is 1.00. The molecule has 0 N–H and O–H groups in total. The topological polar surface area (TPSA) is 3.24 Å². The molecule has 12 heavy (non-hydrogen) atoms. The predicted octanol–water partition coefficient (Wildman–Crippen LogP) is 2.13. The van der Waals surface area contributed by atoms with E-state index in [1.165, 1.54) is 32.2 Å². The minimum atomic E-state index is 0.720. The van der Waals surface area contributed by atoms with Crippen LogP contribution in [0.4, 0.5) is 0 Å². The molecule has 4 atom stereocenters.